The lowest BCUT2D eigenvalue weighted by Gasteiger charge is -2.35. The quantitative estimate of drug-likeness (QED) is 0.822. The van der Waals surface area contributed by atoms with E-state index >= 15 is 0 Å². The Kier molecular flexibility index (Phi) is 3.93. The lowest BCUT2D eigenvalue weighted by Crippen LogP contribution is -2.45. The van der Waals surface area contributed by atoms with Gasteiger partial charge in [-0.05, 0) is 37.2 Å². The van der Waals surface area contributed by atoms with Gasteiger partial charge in [0.15, 0.2) is 0 Å². The second-order valence-corrected chi connectivity index (χ2v) is 7.55. The number of carbonyl (C=O) groups is 1. The van der Waals surface area contributed by atoms with Crippen LogP contribution in [0, 0.1) is 5.92 Å². The maximum absolute atomic E-state index is 13.2. The number of rotatable bonds is 4. The highest BCUT2D eigenvalue weighted by Crippen LogP contribution is 2.47. The second kappa shape index (κ2) is 6.08. The highest BCUT2D eigenvalue weighted by molar-refractivity contribution is 7.13. The molecule has 0 bridgehead atoms. The van der Waals surface area contributed by atoms with Gasteiger partial charge in [-0.15, -0.1) is 11.3 Å². The Morgan fingerprint density at radius 1 is 1.30 bits per heavy atom. The molecule has 0 N–H and O–H groups in total. The van der Waals surface area contributed by atoms with Gasteiger partial charge in [0.2, 0.25) is 0 Å². The zero-order valence-electron chi connectivity index (χ0n) is 13.4. The standard InChI is InChI=1S/C19H22N2OS/c1-2-6-15-10-9-14-11-16(14)21(15)19(22)17-18(23-12-20-17)13-7-4-3-5-8-13/h3-5,7-8,12,14-16H,2,6,9-11H2,1H3/t14-,15-,16+/m1/s1. The number of amides is 1. The van der Waals surface area contributed by atoms with E-state index < -0.39 is 0 Å². The van der Waals surface area contributed by atoms with Crippen LogP contribution in [-0.2, 0) is 0 Å². The number of hydrogen-bond acceptors (Lipinski definition) is 3. The number of fused-ring (bicyclic) bond motifs is 1. The van der Waals surface area contributed by atoms with Gasteiger partial charge in [0.1, 0.15) is 5.69 Å². The van der Waals surface area contributed by atoms with Crippen molar-refractivity contribution in [3.63, 3.8) is 0 Å². The summed E-state index contributed by atoms with van der Waals surface area (Å²) in [4.78, 5) is 20.9. The molecule has 3 atom stereocenters. The molecule has 2 heterocycles. The summed E-state index contributed by atoms with van der Waals surface area (Å²) in [6.45, 7) is 2.21. The molecule has 1 aromatic heterocycles. The molecule has 2 aliphatic rings. The zero-order valence-corrected chi connectivity index (χ0v) is 14.3. The largest absolute Gasteiger partial charge is 0.331 e. The molecule has 1 saturated heterocycles. The predicted octanol–water partition coefficient (Wildman–Crippen LogP) is 4.60. The molecule has 23 heavy (non-hydrogen) atoms. The average Bonchev–Trinajstić information content (AvgIpc) is 3.20. The summed E-state index contributed by atoms with van der Waals surface area (Å²) in [6.07, 6.45) is 5.89. The van der Waals surface area contributed by atoms with Crippen molar-refractivity contribution >= 4 is 17.2 Å². The van der Waals surface area contributed by atoms with Crippen molar-refractivity contribution in [2.45, 2.75) is 51.1 Å². The highest BCUT2D eigenvalue weighted by Gasteiger charge is 2.50. The third kappa shape index (κ3) is 2.69. The summed E-state index contributed by atoms with van der Waals surface area (Å²) in [7, 11) is 0. The molecule has 3 nitrogen and oxygen atoms in total. The van der Waals surface area contributed by atoms with Gasteiger partial charge in [0.25, 0.3) is 5.91 Å². The molecule has 1 aromatic carbocycles. The van der Waals surface area contributed by atoms with Crippen LogP contribution in [0.4, 0.5) is 0 Å². The molecule has 4 rings (SSSR count). The number of thiazole rings is 1. The Bertz CT molecular complexity index is 696. The van der Waals surface area contributed by atoms with E-state index in [2.05, 4.69) is 28.9 Å². The normalized spacial score (nSPS) is 26.0. The first kappa shape index (κ1) is 14.9. The maximum atomic E-state index is 13.2. The fourth-order valence-corrected chi connectivity index (χ4v) is 4.73. The first-order valence-electron chi connectivity index (χ1n) is 8.61. The van der Waals surface area contributed by atoms with E-state index in [0.29, 0.717) is 17.8 Å². The van der Waals surface area contributed by atoms with Gasteiger partial charge < -0.3 is 4.90 Å². The molecule has 1 aliphatic carbocycles. The predicted molar refractivity (Wildman–Crippen MR) is 93.5 cm³/mol. The van der Waals surface area contributed by atoms with Crippen molar-refractivity contribution in [1.82, 2.24) is 9.88 Å². The summed E-state index contributed by atoms with van der Waals surface area (Å²) in [5.74, 6) is 0.890. The molecule has 0 radical (unpaired) electrons. The molecule has 2 aromatic rings. The topological polar surface area (TPSA) is 33.2 Å². The van der Waals surface area contributed by atoms with Crippen LogP contribution < -0.4 is 0 Å². The van der Waals surface area contributed by atoms with Crippen molar-refractivity contribution in [3.05, 3.63) is 41.5 Å². The summed E-state index contributed by atoms with van der Waals surface area (Å²) in [5.41, 5.74) is 3.54. The number of carbonyl (C=O) groups excluding carboxylic acids is 1. The fourth-order valence-electron chi connectivity index (χ4n) is 3.95. The SMILES string of the molecule is CCC[C@@H]1CC[C@@H]2C[C@@H]2N1C(=O)c1ncsc1-c1ccccc1. The first-order valence-corrected chi connectivity index (χ1v) is 9.49. The third-order valence-electron chi connectivity index (χ3n) is 5.17. The van der Waals surface area contributed by atoms with Gasteiger partial charge in [0.05, 0.1) is 10.4 Å². The van der Waals surface area contributed by atoms with E-state index in [0.717, 1.165) is 35.6 Å². The number of benzene rings is 1. The Labute approximate surface area is 141 Å². The maximum Gasteiger partial charge on any atom is 0.274 e. The molecule has 0 unspecified atom stereocenters. The molecule has 2 fully saturated rings. The summed E-state index contributed by atoms with van der Waals surface area (Å²) < 4.78 is 0. The average molecular weight is 326 g/mol. The summed E-state index contributed by atoms with van der Waals surface area (Å²) >= 11 is 1.57. The number of nitrogens with zero attached hydrogens (tertiary/aromatic N) is 2. The van der Waals surface area contributed by atoms with Crippen molar-refractivity contribution in [2.75, 3.05) is 0 Å². The Hall–Kier alpha value is -1.68. The van der Waals surface area contributed by atoms with Crippen LogP contribution in [0.2, 0.25) is 0 Å². The molecule has 1 aliphatic heterocycles. The molecular formula is C19H22N2OS. The van der Waals surface area contributed by atoms with Gasteiger partial charge in [-0.2, -0.15) is 0 Å². The summed E-state index contributed by atoms with van der Waals surface area (Å²) in [6, 6.07) is 11.0. The van der Waals surface area contributed by atoms with Crippen molar-refractivity contribution in [2.24, 2.45) is 5.92 Å². The number of hydrogen-bond donors (Lipinski definition) is 0. The van der Waals surface area contributed by atoms with Crippen LogP contribution in [0.15, 0.2) is 35.8 Å². The number of piperidine rings is 1. The minimum absolute atomic E-state index is 0.149. The lowest BCUT2D eigenvalue weighted by molar-refractivity contribution is 0.0569. The molecule has 1 amide bonds. The minimum atomic E-state index is 0.149. The van der Waals surface area contributed by atoms with E-state index in [9.17, 15) is 4.79 Å². The van der Waals surface area contributed by atoms with Crippen LogP contribution in [0.5, 0.6) is 0 Å². The van der Waals surface area contributed by atoms with Crippen LogP contribution in [0.3, 0.4) is 0 Å². The van der Waals surface area contributed by atoms with Crippen LogP contribution >= 0.6 is 11.3 Å². The van der Waals surface area contributed by atoms with Crippen LogP contribution in [0.1, 0.15) is 49.5 Å². The molecule has 4 heteroatoms. The van der Waals surface area contributed by atoms with E-state index in [1.165, 1.54) is 12.8 Å². The van der Waals surface area contributed by atoms with Gasteiger partial charge in [0, 0.05) is 12.1 Å². The van der Waals surface area contributed by atoms with Crippen molar-refractivity contribution in [3.8, 4) is 10.4 Å². The Balaban J connectivity index is 1.65. The van der Waals surface area contributed by atoms with E-state index in [4.69, 9.17) is 0 Å². The first-order chi connectivity index (χ1) is 11.3. The Morgan fingerprint density at radius 2 is 2.13 bits per heavy atom. The van der Waals surface area contributed by atoms with Crippen LogP contribution in [-0.4, -0.2) is 27.9 Å². The van der Waals surface area contributed by atoms with E-state index in [1.807, 2.05) is 18.2 Å². The van der Waals surface area contributed by atoms with E-state index in [1.54, 1.807) is 16.8 Å². The molecular weight excluding hydrogens is 304 g/mol. The van der Waals surface area contributed by atoms with Gasteiger partial charge >= 0.3 is 0 Å². The van der Waals surface area contributed by atoms with Crippen LogP contribution in [0.25, 0.3) is 10.4 Å². The lowest BCUT2D eigenvalue weighted by atomic mass is 9.97. The Morgan fingerprint density at radius 3 is 2.91 bits per heavy atom. The zero-order chi connectivity index (χ0) is 15.8. The number of likely N-dealkylation sites (tertiary alicyclic amines) is 1. The van der Waals surface area contributed by atoms with Crippen molar-refractivity contribution < 1.29 is 4.79 Å². The monoisotopic (exact) mass is 326 g/mol. The van der Waals surface area contributed by atoms with Gasteiger partial charge in [-0.1, -0.05) is 43.7 Å². The molecule has 120 valence electrons. The minimum Gasteiger partial charge on any atom is -0.331 e. The van der Waals surface area contributed by atoms with Crippen molar-refractivity contribution in [1.29, 1.82) is 0 Å². The molecule has 0 spiro atoms. The summed E-state index contributed by atoms with van der Waals surface area (Å²) in [5, 5.41) is 0. The number of aromatic nitrogens is 1. The van der Waals surface area contributed by atoms with E-state index in [-0.39, 0.29) is 5.91 Å². The van der Waals surface area contributed by atoms with Gasteiger partial charge in [-0.3, -0.25) is 4.79 Å². The third-order valence-corrected chi connectivity index (χ3v) is 6.04. The smallest absolute Gasteiger partial charge is 0.274 e. The highest BCUT2D eigenvalue weighted by atomic mass is 32.1. The second-order valence-electron chi connectivity index (χ2n) is 6.69. The van der Waals surface area contributed by atoms with Gasteiger partial charge in [-0.25, -0.2) is 4.98 Å². The molecule has 1 saturated carbocycles. The fraction of sp³-hybridized carbons (Fsp3) is 0.474.